The van der Waals surface area contributed by atoms with E-state index >= 15 is 0 Å². The summed E-state index contributed by atoms with van der Waals surface area (Å²) in [6, 6.07) is 56.6. The largest absolute Gasteiger partial charge is 2.00 e. The summed E-state index contributed by atoms with van der Waals surface area (Å²) in [6.07, 6.45) is 0. The van der Waals surface area contributed by atoms with Crippen molar-refractivity contribution < 1.29 is 73.3 Å². The number of fused-ring (bicyclic) bond motifs is 2. The van der Waals surface area contributed by atoms with Gasteiger partial charge in [-0.25, -0.2) is 16.8 Å². The van der Waals surface area contributed by atoms with Crippen LogP contribution in [0.5, 0.6) is 0 Å². The molecule has 0 aromatic heterocycles. The van der Waals surface area contributed by atoms with Crippen molar-refractivity contribution in [2.45, 2.75) is 66.4 Å². The van der Waals surface area contributed by atoms with Gasteiger partial charge in [0.25, 0.3) is 0 Å². The summed E-state index contributed by atoms with van der Waals surface area (Å²) in [4.78, 5) is 0. The summed E-state index contributed by atoms with van der Waals surface area (Å²) in [6.45, 7) is 18.0. The fourth-order valence-corrected chi connectivity index (χ4v) is 14.3. The van der Waals surface area contributed by atoms with Gasteiger partial charge in [0, 0.05) is 0 Å². The van der Waals surface area contributed by atoms with Gasteiger partial charge in [0.1, 0.15) is 0 Å². The van der Waals surface area contributed by atoms with Crippen LogP contribution in [-0.4, -0.2) is 37.0 Å². The standard InChI is InChI=1S/C52H48P2.2CHF3O3S.Pt/c1-33-21-34(2)26-43(25-33)53(44-27-35(3)22-36(4)28-44)49-19-17-41-13-9-11-15-47(41)51(49)52-48-16-12-10-14-42(48)18-20-50(52)54(45-29-37(5)23-38(6)30-45)46-31-39(7)24-40(8)32-46;2*2-1(3,4)8(5,6)7;/h9-32H,1-8H3;2*(H,5,6,7);/q;;;+2/p-2. The van der Waals surface area contributed by atoms with Crippen molar-refractivity contribution in [2.75, 3.05) is 0 Å². The van der Waals surface area contributed by atoms with E-state index in [2.05, 4.69) is 201 Å². The minimum Gasteiger partial charge on any atom is -0.741 e. The normalized spacial score (nSPS) is 12.0. The number of rotatable bonds is 7. The van der Waals surface area contributed by atoms with Crippen LogP contribution in [-0.2, 0) is 41.3 Å². The molecule has 0 unspecified atom stereocenters. The minimum absolute atomic E-state index is 0. The zero-order valence-electron chi connectivity index (χ0n) is 39.6. The summed E-state index contributed by atoms with van der Waals surface area (Å²) in [5, 5.41) is 13.6. The van der Waals surface area contributed by atoms with Gasteiger partial charge in [0.15, 0.2) is 20.2 Å². The molecular weight excluding hydrogens is 1180 g/mol. The smallest absolute Gasteiger partial charge is 0.741 e. The second-order valence-electron chi connectivity index (χ2n) is 17.2. The van der Waals surface area contributed by atoms with Gasteiger partial charge in [-0.15, -0.1) is 0 Å². The molecule has 0 N–H and O–H groups in total. The van der Waals surface area contributed by atoms with Crippen molar-refractivity contribution in [2.24, 2.45) is 0 Å². The maximum absolute atomic E-state index is 10.7. The Balaban J connectivity index is 0.000000476. The van der Waals surface area contributed by atoms with E-state index in [1.807, 2.05) is 0 Å². The van der Waals surface area contributed by atoms with Crippen LogP contribution in [0, 0.1) is 55.4 Å². The SMILES string of the molecule is Cc1cc(C)cc(P(c2cc(C)cc(C)c2)c2ccc3ccccc3c2-c2c(P(c3cc(C)cc(C)c3)c3cc(C)cc(C)c3)ccc3ccccc23)c1.O=S(=O)([O-])C(F)(F)F.O=S(=O)([O-])C(F)(F)F.[Pt+2]. The number of benzene rings is 8. The molecule has 0 fully saturated rings. The van der Waals surface area contributed by atoms with Gasteiger partial charge in [-0.05, 0) is 136 Å². The van der Waals surface area contributed by atoms with Crippen molar-refractivity contribution in [1.29, 1.82) is 0 Å². The first-order valence-electron chi connectivity index (χ1n) is 21.5. The number of alkyl halides is 6. The average Bonchev–Trinajstić information content (AvgIpc) is 3.22. The van der Waals surface area contributed by atoms with Crippen LogP contribution >= 0.6 is 15.8 Å². The molecule has 8 aromatic carbocycles. The molecule has 8 rings (SSSR count). The Morgan fingerprint density at radius 2 is 0.577 bits per heavy atom. The van der Waals surface area contributed by atoms with E-state index < -0.39 is 47.1 Å². The maximum Gasteiger partial charge on any atom is 2.00 e. The predicted molar refractivity (Wildman–Crippen MR) is 274 cm³/mol. The molecule has 0 radical (unpaired) electrons. The van der Waals surface area contributed by atoms with Crippen molar-refractivity contribution in [1.82, 2.24) is 0 Å². The minimum atomic E-state index is -6.09. The Morgan fingerprint density at radius 3 is 0.789 bits per heavy atom. The van der Waals surface area contributed by atoms with Crippen molar-refractivity contribution in [3.8, 4) is 11.1 Å². The van der Waals surface area contributed by atoms with Crippen LogP contribution < -0.4 is 31.8 Å². The zero-order valence-corrected chi connectivity index (χ0v) is 45.3. The van der Waals surface area contributed by atoms with E-state index in [1.165, 1.54) is 109 Å². The van der Waals surface area contributed by atoms with Crippen LogP contribution in [0.25, 0.3) is 32.7 Å². The van der Waals surface area contributed by atoms with E-state index in [-0.39, 0.29) is 21.1 Å². The van der Waals surface area contributed by atoms with Crippen molar-refractivity contribution in [3.63, 3.8) is 0 Å². The summed E-state index contributed by atoms with van der Waals surface area (Å²) >= 11 is 0. The molecule has 17 heteroatoms. The van der Waals surface area contributed by atoms with Crippen LogP contribution in [0.4, 0.5) is 26.3 Å². The van der Waals surface area contributed by atoms with E-state index in [9.17, 15) is 26.3 Å². The molecule has 0 aliphatic heterocycles. The first-order valence-corrected chi connectivity index (χ1v) is 27.0. The molecular formula is C54H48F6O6P2PtS2. The van der Waals surface area contributed by atoms with Gasteiger partial charge < -0.3 is 9.11 Å². The monoisotopic (exact) mass is 1230 g/mol. The summed E-state index contributed by atoms with van der Waals surface area (Å²) < 4.78 is 118. The van der Waals surface area contributed by atoms with Crippen LogP contribution in [0.15, 0.2) is 146 Å². The number of halogens is 6. The van der Waals surface area contributed by atoms with E-state index in [4.69, 9.17) is 25.9 Å². The first kappa shape index (κ1) is 57.1. The molecule has 6 nitrogen and oxygen atoms in total. The van der Waals surface area contributed by atoms with Gasteiger partial charge >= 0.3 is 32.1 Å². The molecule has 0 bridgehead atoms. The summed E-state index contributed by atoms with van der Waals surface area (Å²) in [5.74, 6) is 0. The molecule has 71 heavy (non-hydrogen) atoms. The van der Waals surface area contributed by atoms with Gasteiger partial charge in [-0.2, -0.15) is 26.3 Å². The second kappa shape index (κ2) is 22.6. The Kier molecular flexibility index (Phi) is 18.1. The molecule has 0 spiro atoms. The third-order valence-electron chi connectivity index (χ3n) is 11.0. The number of hydrogen-bond acceptors (Lipinski definition) is 6. The molecule has 0 heterocycles. The first-order chi connectivity index (χ1) is 32.5. The third-order valence-corrected chi connectivity index (χ3v) is 16.9. The van der Waals surface area contributed by atoms with E-state index in [0.29, 0.717) is 0 Å². The molecule has 8 aromatic rings. The molecule has 374 valence electrons. The van der Waals surface area contributed by atoms with Crippen molar-refractivity contribution >= 4 is 89.5 Å². The molecule has 0 atom stereocenters. The Labute approximate surface area is 427 Å². The van der Waals surface area contributed by atoms with Gasteiger partial charge in [0.05, 0.1) is 0 Å². The fraction of sp³-hybridized carbons (Fsp3) is 0.185. The molecule has 0 aliphatic rings. The number of hydrogen-bond donors (Lipinski definition) is 0. The topological polar surface area (TPSA) is 114 Å². The summed E-state index contributed by atoms with van der Waals surface area (Å²) in [7, 11) is -14.1. The van der Waals surface area contributed by atoms with Gasteiger partial charge in [-0.3, -0.25) is 0 Å². The Hall–Kier alpha value is -4.77. The molecule has 0 amide bonds. The predicted octanol–water partition coefficient (Wildman–Crippen LogP) is 11.7. The third kappa shape index (κ3) is 13.8. The Morgan fingerprint density at radius 1 is 0.366 bits per heavy atom. The second-order valence-corrected chi connectivity index (χ2v) is 24.3. The quantitative estimate of drug-likeness (QED) is 0.0680. The van der Waals surface area contributed by atoms with Crippen LogP contribution in [0.3, 0.4) is 0 Å². The van der Waals surface area contributed by atoms with Gasteiger partial charge in [0.2, 0.25) is 0 Å². The fourth-order valence-electron chi connectivity index (χ4n) is 8.59. The van der Waals surface area contributed by atoms with Gasteiger partial charge in [-0.1, -0.05) is 190 Å². The van der Waals surface area contributed by atoms with Crippen LogP contribution in [0.1, 0.15) is 44.5 Å². The molecule has 0 aliphatic carbocycles. The molecule has 0 saturated carbocycles. The maximum atomic E-state index is 10.7. The van der Waals surface area contributed by atoms with Crippen LogP contribution in [0.2, 0.25) is 0 Å². The number of aryl methyl sites for hydroxylation is 8. The van der Waals surface area contributed by atoms with Crippen molar-refractivity contribution in [3.05, 3.63) is 190 Å². The van der Waals surface area contributed by atoms with E-state index in [0.717, 1.165) is 0 Å². The average molecular weight is 1230 g/mol. The molecule has 0 saturated heterocycles. The zero-order chi connectivity index (χ0) is 51.7. The summed E-state index contributed by atoms with van der Waals surface area (Å²) in [5.41, 5.74) is 1.91. The van der Waals surface area contributed by atoms with E-state index in [1.54, 1.807) is 0 Å². The Bertz CT molecular complexity index is 3080.